The minimum absolute atomic E-state index is 0.830. The second kappa shape index (κ2) is 37.0. The highest BCUT2D eigenvalue weighted by molar-refractivity contribution is 9.09. The molecule has 0 unspecified atom stereocenters. The van der Waals surface area contributed by atoms with Gasteiger partial charge in [0, 0.05) is 5.33 Å². The third-order valence-electron chi connectivity index (χ3n) is 9.09. The van der Waals surface area contributed by atoms with Gasteiger partial charge in [0.05, 0.1) is 0 Å². The molecule has 0 aromatic heterocycles. The Balaban J connectivity index is 3.04. The van der Waals surface area contributed by atoms with Crippen LogP contribution in [0.15, 0.2) is 0 Å². The Labute approximate surface area is 289 Å². The van der Waals surface area contributed by atoms with E-state index in [4.69, 9.17) is 33.2 Å². The molecule has 254 valence electrons. The predicted molar refractivity (Wildman–Crippen MR) is 204 cm³/mol. The van der Waals surface area contributed by atoms with Gasteiger partial charge in [-0.15, -0.1) is 33.2 Å². The van der Waals surface area contributed by atoms with Gasteiger partial charge in [-0.05, 0) is 12.5 Å². The van der Waals surface area contributed by atoms with Crippen LogP contribution in [0, 0.1) is 0 Å². The summed E-state index contributed by atoms with van der Waals surface area (Å²) >= 11 is 21.3. The third kappa shape index (κ3) is 41.6. The molecule has 0 rings (SSSR count). The second-order valence-electron chi connectivity index (χ2n) is 13.4. The Morgan fingerprint density at radius 1 is 0.238 bits per heavy atom. The SMILES string of the molecule is Cl[Si](Cl)(Cl)CCCCCCCCCCCCCCCCCCCCCCCCCCCCCCCCCCCCCBr. The molecule has 0 N–H and O–H groups in total. The number of rotatable bonds is 37. The molecule has 0 nitrogen and oxygen atoms in total. The van der Waals surface area contributed by atoms with Crippen LogP contribution in [0.3, 0.4) is 0 Å². The number of unbranched alkanes of at least 4 members (excludes halogenated alkanes) is 34. The summed E-state index contributed by atoms with van der Waals surface area (Å²) in [4.78, 5) is 0. The van der Waals surface area contributed by atoms with Crippen molar-refractivity contribution in [3.05, 3.63) is 0 Å². The molecule has 0 heterocycles. The molecule has 0 aromatic carbocycles. The van der Waals surface area contributed by atoms with E-state index in [9.17, 15) is 0 Å². The maximum atomic E-state index is 5.93. The Hall–Kier alpha value is 1.57. The largest absolute Gasteiger partial charge is 0.341 e. The Morgan fingerprint density at radius 3 is 0.524 bits per heavy atom. The smallest absolute Gasteiger partial charge is 0.126 e. The first-order valence-corrected chi connectivity index (χ1v) is 25.6. The van der Waals surface area contributed by atoms with Crippen LogP contribution in [0.2, 0.25) is 6.04 Å². The van der Waals surface area contributed by atoms with E-state index in [1.165, 1.54) is 224 Å². The summed E-state index contributed by atoms with van der Waals surface area (Å²) < 4.78 is 0. The summed E-state index contributed by atoms with van der Waals surface area (Å²) in [7, 11) is 0. The second-order valence-corrected chi connectivity index (χ2v) is 23.5. The van der Waals surface area contributed by atoms with Crippen LogP contribution < -0.4 is 0 Å². The fraction of sp³-hybridized carbons (Fsp3) is 1.00. The molecule has 0 spiro atoms. The van der Waals surface area contributed by atoms with E-state index < -0.39 is 6.00 Å². The summed E-state index contributed by atoms with van der Waals surface area (Å²) in [6.45, 7) is 0. The van der Waals surface area contributed by atoms with Gasteiger partial charge in [-0.25, -0.2) is 0 Å². The molecule has 5 heteroatoms. The Bertz CT molecular complexity index is 486. The number of halogens is 4. The van der Waals surface area contributed by atoms with Crippen molar-refractivity contribution in [3.63, 3.8) is 0 Å². The zero-order valence-electron chi connectivity index (χ0n) is 28.2. The lowest BCUT2D eigenvalue weighted by molar-refractivity contribution is 0.511. The molecule has 42 heavy (non-hydrogen) atoms. The van der Waals surface area contributed by atoms with Crippen molar-refractivity contribution in [2.24, 2.45) is 0 Å². The van der Waals surface area contributed by atoms with Crippen LogP contribution in [-0.2, 0) is 0 Å². The van der Waals surface area contributed by atoms with E-state index in [1.54, 1.807) is 0 Å². The molecule has 0 bridgehead atoms. The predicted octanol–water partition coefficient (Wildman–Crippen LogP) is 16.7. The highest BCUT2D eigenvalue weighted by Crippen LogP contribution is 2.27. The van der Waals surface area contributed by atoms with Crippen LogP contribution in [0.4, 0.5) is 0 Å². The number of hydrogen-bond acceptors (Lipinski definition) is 0. The van der Waals surface area contributed by atoms with E-state index in [0.717, 1.165) is 12.5 Å². The lowest BCUT2D eigenvalue weighted by atomic mass is 10.0. The first-order chi connectivity index (χ1) is 20.6. The van der Waals surface area contributed by atoms with Gasteiger partial charge in [0.25, 0.3) is 0 Å². The van der Waals surface area contributed by atoms with Crippen molar-refractivity contribution >= 4 is 55.2 Å². The number of alkyl halides is 1. The van der Waals surface area contributed by atoms with Gasteiger partial charge < -0.3 is 0 Å². The normalized spacial score (nSPS) is 12.0. The maximum Gasteiger partial charge on any atom is 0.341 e. The van der Waals surface area contributed by atoms with E-state index in [0.29, 0.717) is 0 Å². The van der Waals surface area contributed by atoms with Crippen LogP contribution >= 0.6 is 49.2 Å². The van der Waals surface area contributed by atoms with Gasteiger partial charge in [0.1, 0.15) is 0 Å². The highest BCUT2D eigenvalue weighted by Gasteiger charge is 2.23. The van der Waals surface area contributed by atoms with Gasteiger partial charge in [-0.3, -0.25) is 0 Å². The molecule has 0 aliphatic rings. The van der Waals surface area contributed by atoms with Gasteiger partial charge in [0.2, 0.25) is 0 Å². The molecule has 0 amide bonds. The monoisotopic (exact) mass is 730 g/mol. The van der Waals surface area contributed by atoms with Gasteiger partial charge >= 0.3 is 6.00 Å². The van der Waals surface area contributed by atoms with Gasteiger partial charge in [-0.2, -0.15) is 0 Å². The van der Waals surface area contributed by atoms with Gasteiger partial charge in [-0.1, -0.05) is 234 Å². The standard InChI is InChI=1S/C37H74BrCl3Si/c38-36-34-32-30-28-26-24-22-20-18-16-14-12-10-8-6-4-2-1-3-5-7-9-11-13-15-17-19-21-23-25-27-29-31-33-35-37-42(39,40)41/h1-37H2. The third-order valence-corrected chi connectivity index (χ3v) is 12.3. The summed E-state index contributed by atoms with van der Waals surface area (Å²) in [5, 5.41) is 1.18. The van der Waals surface area contributed by atoms with Crippen molar-refractivity contribution in [3.8, 4) is 0 Å². The number of hydrogen-bond donors (Lipinski definition) is 0. The molecule has 0 fully saturated rings. The molecule has 0 aliphatic carbocycles. The lowest BCUT2D eigenvalue weighted by Gasteiger charge is -2.07. The van der Waals surface area contributed by atoms with E-state index in [-0.39, 0.29) is 0 Å². The van der Waals surface area contributed by atoms with Crippen LogP contribution in [0.25, 0.3) is 0 Å². The minimum atomic E-state index is -2.37. The van der Waals surface area contributed by atoms with E-state index in [1.807, 2.05) is 0 Å². The van der Waals surface area contributed by atoms with E-state index >= 15 is 0 Å². The summed E-state index contributed by atoms with van der Waals surface area (Å²) in [5.41, 5.74) is 0. The lowest BCUT2D eigenvalue weighted by Crippen LogP contribution is -2.07. The van der Waals surface area contributed by atoms with Crippen LogP contribution in [-0.4, -0.2) is 11.3 Å². The van der Waals surface area contributed by atoms with Crippen molar-refractivity contribution in [1.29, 1.82) is 0 Å². The van der Waals surface area contributed by atoms with Crippen LogP contribution in [0.5, 0.6) is 0 Å². The summed E-state index contributed by atoms with van der Waals surface area (Å²) in [6.07, 6.45) is 50.3. The molecular formula is C37H74BrCl3Si. The first-order valence-electron chi connectivity index (χ1n) is 19.2. The fourth-order valence-electron chi connectivity index (χ4n) is 6.25. The Morgan fingerprint density at radius 2 is 0.381 bits per heavy atom. The molecule has 0 aromatic rings. The average Bonchev–Trinajstić information content (AvgIpc) is 2.96. The minimum Gasteiger partial charge on any atom is -0.126 e. The highest BCUT2D eigenvalue weighted by atomic mass is 79.9. The molecule has 0 saturated heterocycles. The van der Waals surface area contributed by atoms with Gasteiger partial charge in [0.15, 0.2) is 0 Å². The van der Waals surface area contributed by atoms with Crippen molar-refractivity contribution in [2.45, 2.75) is 231 Å². The topological polar surface area (TPSA) is 0 Å². The zero-order chi connectivity index (χ0) is 30.7. The fourth-order valence-corrected chi connectivity index (χ4v) is 8.50. The van der Waals surface area contributed by atoms with E-state index in [2.05, 4.69) is 15.9 Å². The maximum absolute atomic E-state index is 5.93. The summed E-state index contributed by atoms with van der Waals surface area (Å²) in [6, 6.07) is -1.54. The molecule has 0 radical (unpaired) electrons. The van der Waals surface area contributed by atoms with Crippen molar-refractivity contribution in [2.75, 3.05) is 5.33 Å². The first kappa shape index (κ1) is 43.6. The molecular weight excluding hydrogens is 659 g/mol. The molecule has 0 atom stereocenters. The van der Waals surface area contributed by atoms with Crippen molar-refractivity contribution < 1.29 is 0 Å². The van der Waals surface area contributed by atoms with Crippen molar-refractivity contribution in [1.82, 2.24) is 0 Å². The van der Waals surface area contributed by atoms with Crippen LogP contribution in [0.1, 0.15) is 225 Å². The zero-order valence-corrected chi connectivity index (χ0v) is 33.0. The Kier molecular flexibility index (Phi) is 38.4. The average molecular weight is 733 g/mol. The summed E-state index contributed by atoms with van der Waals surface area (Å²) in [5.74, 6) is 0. The molecule has 0 saturated carbocycles. The quantitative estimate of drug-likeness (QED) is 0.0258. The molecule has 0 aliphatic heterocycles.